The van der Waals surface area contributed by atoms with Gasteiger partial charge in [0.1, 0.15) is 0 Å². The van der Waals surface area contributed by atoms with Gasteiger partial charge in [0.05, 0.1) is 4.92 Å². The zero-order valence-electron chi connectivity index (χ0n) is 10.1. The summed E-state index contributed by atoms with van der Waals surface area (Å²) in [5.41, 5.74) is 2.31. The molecule has 0 atom stereocenters. The number of rotatable bonds is 3. The SMILES string of the molecule is Cc1ccc(Sc2ncccc2[N+](=O)[O-])c(C)c1. The Kier molecular flexibility index (Phi) is 3.62. The lowest BCUT2D eigenvalue weighted by Gasteiger charge is -2.06. The molecule has 92 valence electrons. The minimum Gasteiger partial charge on any atom is -0.258 e. The molecule has 0 aliphatic carbocycles. The lowest BCUT2D eigenvalue weighted by molar-refractivity contribution is -0.388. The first-order valence-electron chi connectivity index (χ1n) is 5.42. The number of hydrogen-bond acceptors (Lipinski definition) is 4. The lowest BCUT2D eigenvalue weighted by atomic mass is 10.2. The van der Waals surface area contributed by atoms with Crippen LogP contribution in [0, 0.1) is 24.0 Å². The fourth-order valence-electron chi connectivity index (χ4n) is 1.62. The van der Waals surface area contributed by atoms with Crippen molar-refractivity contribution in [3.8, 4) is 0 Å². The van der Waals surface area contributed by atoms with Crippen molar-refractivity contribution >= 4 is 17.4 Å². The van der Waals surface area contributed by atoms with Crippen LogP contribution in [0.1, 0.15) is 11.1 Å². The van der Waals surface area contributed by atoms with E-state index in [4.69, 9.17) is 0 Å². The molecule has 5 heteroatoms. The highest BCUT2D eigenvalue weighted by Crippen LogP contribution is 2.34. The average molecular weight is 260 g/mol. The number of nitro groups is 1. The van der Waals surface area contributed by atoms with Gasteiger partial charge in [-0.15, -0.1) is 0 Å². The Morgan fingerprint density at radius 2 is 2.06 bits per heavy atom. The Morgan fingerprint density at radius 1 is 1.28 bits per heavy atom. The van der Waals surface area contributed by atoms with Gasteiger partial charge in [-0.3, -0.25) is 10.1 Å². The van der Waals surface area contributed by atoms with Crippen molar-refractivity contribution in [2.24, 2.45) is 0 Å². The number of aromatic nitrogens is 1. The average Bonchev–Trinajstić information content (AvgIpc) is 2.33. The molecule has 0 unspecified atom stereocenters. The summed E-state index contributed by atoms with van der Waals surface area (Å²) < 4.78 is 0. The van der Waals surface area contributed by atoms with E-state index in [0.29, 0.717) is 5.03 Å². The third-order valence-electron chi connectivity index (χ3n) is 2.48. The predicted molar refractivity (Wildman–Crippen MR) is 70.9 cm³/mol. The van der Waals surface area contributed by atoms with E-state index in [2.05, 4.69) is 11.1 Å². The van der Waals surface area contributed by atoms with Crippen molar-refractivity contribution in [1.82, 2.24) is 4.98 Å². The molecule has 0 aliphatic heterocycles. The van der Waals surface area contributed by atoms with E-state index in [1.54, 1.807) is 12.3 Å². The second kappa shape index (κ2) is 5.18. The summed E-state index contributed by atoms with van der Waals surface area (Å²) in [6, 6.07) is 9.05. The van der Waals surface area contributed by atoms with Crippen molar-refractivity contribution in [1.29, 1.82) is 0 Å². The number of pyridine rings is 1. The van der Waals surface area contributed by atoms with E-state index in [-0.39, 0.29) is 5.69 Å². The van der Waals surface area contributed by atoms with Gasteiger partial charge in [-0.05, 0) is 31.5 Å². The number of aryl methyl sites for hydroxylation is 2. The van der Waals surface area contributed by atoms with Gasteiger partial charge >= 0.3 is 5.69 Å². The van der Waals surface area contributed by atoms with Crippen molar-refractivity contribution in [3.63, 3.8) is 0 Å². The molecular formula is C13H12N2O2S. The Morgan fingerprint density at radius 3 is 2.72 bits per heavy atom. The quantitative estimate of drug-likeness (QED) is 0.623. The summed E-state index contributed by atoms with van der Waals surface area (Å²) in [6.45, 7) is 4.01. The molecule has 0 aliphatic rings. The van der Waals surface area contributed by atoms with E-state index < -0.39 is 4.92 Å². The molecule has 2 rings (SSSR count). The summed E-state index contributed by atoms with van der Waals surface area (Å²) >= 11 is 1.33. The molecule has 0 spiro atoms. The highest BCUT2D eigenvalue weighted by Gasteiger charge is 2.15. The van der Waals surface area contributed by atoms with Gasteiger partial charge in [-0.25, -0.2) is 4.98 Å². The summed E-state index contributed by atoms with van der Waals surface area (Å²) in [5, 5.41) is 11.3. The van der Waals surface area contributed by atoms with E-state index in [1.807, 2.05) is 26.0 Å². The molecular weight excluding hydrogens is 248 g/mol. The van der Waals surface area contributed by atoms with Crippen LogP contribution in [0.4, 0.5) is 5.69 Å². The number of nitrogens with zero attached hydrogens (tertiary/aromatic N) is 2. The largest absolute Gasteiger partial charge is 0.301 e. The van der Waals surface area contributed by atoms with Gasteiger partial charge in [0.25, 0.3) is 0 Å². The number of hydrogen-bond donors (Lipinski definition) is 0. The smallest absolute Gasteiger partial charge is 0.258 e. The first-order chi connectivity index (χ1) is 8.58. The third kappa shape index (κ3) is 2.68. The monoisotopic (exact) mass is 260 g/mol. The Labute approximate surface area is 109 Å². The van der Waals surface area contributed by atoms with E-state index >= 15 is 0 Å². The van der Waals surface area contributed by atoms with Crippen LogP contribution in [0.2, 0.25) is 0 Å². The molecule has 0 fully saturated rings. The number of benzene rings is 1. The van der Waals surface area contributed by atoms with Crippen LogP contribution in [0.3, 0.4) is 0 Å². The zero-order chi connectivity index (χ0) is 13.1. The molecule has 2 aromatic rings. The summed E-state index contributed by atoms with van der Waals surface area (Å²) in [7, 11) is 0. The van der Waals surface area contributed by atoms with E-state index in [0.717, 1.165) is 10.5 Å². The maximum absolute atomic E-state index is 10.9. The molecule has 1 aromatic carbocycles. The van der Waals surface area contributed by atoms with Gasteiger partial charge in [-0.2, -0.15) is 0 Å². The van der Waals surface area contributed by atoms with Gasteiger partial charge < -0.3 is 0 Å². The molecule has 0 bridgehead atoms. The standard InChI is InChI=1S/C13H12N2O2S/c1-9-5-6-12(10(2)8-9)18-13-11(15(16)17)4-3-7-14-13/h3-8H,1-2H3. The Hall–Kier alpha value is -1.88. The van der Waals surface area contributed by atoms with Gasteiger partial charge in [0.15, 0.2) is 5.03 Å². The minimum atomic E-state index is -0.404. The van der Waals surface area contributed by atoms with Crippen LogP contribution in [0.5, 0.6) is 0 Å². The van der Waals surface area contributed by atoms with Crippen LogP contribution in [-0.2, 0) is 0 Å². The molecule has 4 nitrogen and oxygen atoms in total. The van der Waals surface area contributed by atoms with Crippen LogP contribution in [-0.4, -0.2) is 9.91 Å². The fourth-order valence-corrected chi connectivity index (χ4v) is 2.54. The van der Waals surface area contributed by atoms with Crippen LogP contribution < -0.4 is 0 Å². The highest BCUT2D eigenvalue weighted by atomic mass is 32.2. The zero-order valence-corrected chi connectivity index (χ0v) is 10.9. The third-order valence-corrected chi connectivity index (χ3v) is 3.67. The van der Waals surface area contributed by atoms with Crippen molar-refractivity contribution in [2.45, 2.75) is 23.8 Å². The summed E-state index contributed by atoms with van der Waals surface area (Å²) in [4.78, 5) is 15.6. The van der Waals surface area contributed by atoms with Crippen LogP contribution in [0.25, 0.3) is 0 Å². The normalized spacial score (nSPS) is 10.3. The first-order valence-corrected chi connectivity index (χ1v) is 6.24. The highest BCUT2D eigenvalue weighted by molar-refractivity contribution is 7.99. The molecule has 0 saturated carbocycles. The van der Waals surface area contributed by atoms with Gasteiger partial charge in [0, 0.05) is 17.2 Å². The lowest BCUT2D eigenvalue weighted by Crippen LogP contribution is -1.93. The van der Waals surface area contributed by atoms with E-state index in [1.165, 1.54) is 23.4 Å². The maximum atomic E-state index is 10.9. The molecule has 0 radical (unpaired) electrons. The van der Waals surface area contributed by atoms with Gasteiger partial charge in [-0.1, -0.05) is 29.5 Å². The second-order valence-electron chi connectivity index (χ2n) is 3.96. The summed E-state index contributed by atoms with van der Waals surface area (Å²) in [6.07, 6.45) is 1.57. The topological polar surface area (TPSA) is 56.0 Å². The molecule has 0 amide bonds. The minimum absolute atomic E-state index is 0.0440. The van der Waals surface area contributed by atoms with Gasteiger partial charge in [0.2, 0.25) is 0 Å². The fraction of sp³-hybridized carbons (Fsp3) is 0.154. The first kappa shape index (κ1) is 12.6. The second-order valence-corrected chi connectivity index (χ2v) is 4.99. The van der Waals surface area contributed by atoms with Crippen molar-refractivity contribution in [3.05, 3.63) is 57.8 Å². The summed E-state index contributed by atoms with van der Waals surface area (Å²) in [5.74, 6) is 0. The van der Waals surface area contributed by atoms with Crippen molar-refractivity contribution < 1.29 is 4.92 Å². The molecule has 1 aromatic heterocycles. The molecule has 1 heterocycles. The van der Waals surface area contributed by atoms with Crippen LogP contribution >= 0.6 is 11.8 Å². The molecule has 18 heavy (non-hydrogen) atoms. The van der Waals surface area contributed by atoms with Crippen molar-refractivity contribution in [2.75, 3.05) is 0 Å². The Bertz CT molecular complexity index is 599. The van der Waals surface area contributed by atoms with E-state index in [9.17, 15) is 10.1 Å². The Balaban J connectivity index is 2.37. The molecule has 0 N–H and O–H groups in total. The molecule has 0 saturated heterocycles. The maximum Gasteiger partial charge on any atom is 0.301 e. The van der Waals surface area contributed by atoms with Crippen LogP contribution in [0.15, 0.2) is 46.5 Å². The predicted octanol–water partition coefficient (Wildman–Crippen LogP) is 3.76.